The van der Waals surface area contributed by atoms with Crippen molar-refractivity contribution in [3.05, 3.63) is 88.0 Å². The Labute approximate surface area is 150 Å². The summed E-state index contributed by atoms with van der Waals surface area (Å²) in [6.07, 6.45) is 0. The molecular weight excluding hydrogens is 327 g/mol. The fourth-order valence-corrected chi connectivity index (χ4v) is 3.05. The van der Waals surface area contributed by atoms with Crippen LogP contribution < -0.4 is 5.56 Å². The maximum Gasteiger partial charge on any atom is 0.259 e. The lowest BCUT2D eigenvalue weighted by Crippen LogP contribution is -2.10. The minimum Gasteiger partial charge on any atom is -0.306 e. The Balaban J connectivity index is 1.84. The van der Waals surface area contributed by atoms with Crippen molar-refractivity contribution in [3.8, 4) is 22.5 Å². The number of benzene rings is 3. The molecule has 1 heterocycles. The van der Waals surface area contributed by atoms with E-state index in [0.29, 0.717) is 27.9 Å². The van der Waals surface area contributed by atoms with Crippen LogP contribution in [0.1, 0.15) is 11.1 Å². The van der Waals surface area contributed by atoms with Crippen LogP contribution in [0.5, 0.6) is 0 Å². The summed E-state index contributed by atoms with van der Waals surface area (Å²) in [5.41, 5.74) is 4.36. The number of nitrogens with zero attached hydrogens (tertiary/aromatic N) is 1. The molecule has 4 rings (SSSR count). The van der Waals surface area contributed by atoms with Gasteiger partial charge in [0.25, 0.3) is 5.56 Å². The third kappa shape index (κ3) is 2.80. The van der Waals surface area contributed by atoms with Crippen LogP contribution in [-0.2, 0) is 0 Å². The van der Waals surface area contributed by atoms with E-state index in [0.717, 1.165) is 16.7 Å². The van der Waals surface area contributed by atoms with Crippen LogP contribution in [-0.4, -0.2) is 9.97 Å². The van der Waals surface area contributed by atoms with Crippen molar-refractivity contribution in [1.82, 2.24) is 9.97 Å². The summed E-state index contributed by atoms with van der Waals surface area (Å²) in [6, 6.07) is 18.0. The van der Waals surface area contributed by atoms with Gasteiger partial charge >= 0.3 is 0 Å². The predicted octanol–water partition coefficient (Wildman–Crippen LogP) is 5.01. The number of aromatic amines is 1. The molecule has 3 aromatic carbocycles. The minimum absolute atomic E-state index is 0.222. The second-order valence-corrected chi connectivity index (χ2v) is 6.43. The van der Waals surface area contributed by atoms with E-state index in [2.05, 4.69) is 9.97 Å². The number of hydrogen-bond donors (Lipinski definition) is 1. The first-order chi connectivity index (χ1) is 12.5. The molecule has 0 saturated carbocycles. The molecule has 0 unspecified atom stereocenters. The molecule has 26 heavy (non-hydrogen) atoms. The lowest BCUT2D eigenvalue weighted by atomic mass is 10.0. The van der Waals surface area contributed by atoms with Gasteiger partial charge in [-0.2, -0.15) is 0 Å². The summed E-state index contributed by atoms with van der Waals surface area (Å²) < 4.78 is 14.6. The molecule has 0 saturated heterocycles. The second kappa shape index (κ2) is 6.23. The van der Waals surface area contributed by atoms with Crippen molar-refractivity contribution < 1.29 is 4.39 Å². The zero-order chi connectivity index (χ0) is 18.3. The molecule has 0 atom stereocenters. The standard InChI is InChI=1S/C22H17FN2O/c1-13-10-18-20(11-14(13)2)24-21(25-22(18)26)16-8-9-17(19(23)12-16)15-6-4-3-5-7-15/h3-12H,1-2H3,(H,24,25,26). The highest BCUT2D eigenvalue weighted by Crippen LogP contribution is 2.27. The highest BCUT2D eigenvalue weighted by Gasteiger charge is 2.11. The first-order valence-electron chi connectivity index (χ1n) is 8.39. The molecule has 128 valence electrons. The van der Waals surface area contributed by atoms with E-state index in [9.17, 15) is 9.18 Å². The molecule has 0 radical (unpaired) electrons. The predicted molar refractivity (Wildman–Crippen MR) is 103 cm³/mol. The number of aryl methyl sites for hydroxylation is 2. The van der Waals surface area contributed by atoms with Gasteiger partial charge in [0.2, 0.25) is 0 Å². The monoisotopic (exact) mass is 344 g/mol. The van der Waals surface area contributed by atoms with Gasteiger partial charge in [-0.25, -0.2) is 9.37 Å². The lowest BCUT2D eigenvalue weighted by Gasteiger charge is -2.08. The van der Waals surface area contributed by atoms with Crippen molar-refractivity contribution in [3.63, 3.8) is 0 Å². The molecule has 0 aliphatic carbocycles. The maximum absolute atomic E-state index is 14.6. The number of fused-ring (bicyclic) bond motifs is 1. The fourth-order valence-electron chi connectivity index (χ4n) is 3.05. The van der Waals surface area contributed by atoms with Crippen molar-refractivity contribution in [2.75, 3.05) is 0 Å². The first kappa shape index (κ1) is 16.2. The van der Waals surface area contributed by atoms with E-state index in [-0.39, 0.29) is 11.4 Å². The molecule has 3 nitrogen and oxygen atoms in total. The average molecular weight is 344 g/mol. The van der Waals surface area contributed by atoms with E-state index < -0.39 is 0 Å². The molecule has 0 fully saturated rings. The third-order valence-corrected chi connectivity index (χ3v) is 4.65. The fraction of sp³-hybridized carbons (Fsp3) is 0.0909. The summed E-state index contributed by atoms with van der Waals surface area (Å²) in [6.45, 7) is 3.94. The average Bonchev–Trinajstić information content (AvgIpc) is 2.64. The summed E-state index contributed by atoms with van der Waals surface area (Å²) in [5, 5.41) is 0.540. The van der Waals surface area contributed by atoms with E-state index >= 15 is 0 Å². The molecule has 0 aliphatic rings. The smallest absolute Gasteiger partial charge is 0.259 e. The summed E-state index contributed by atoms with van der Waals surface area (Å²) in [7, 11) is 0. The second-order valence-electron chi connectivity index (χ2n) is 6.43. The van der Waals surface area contributed by atoms with Crippen LogP contribution in [0.4, 0.5) is 4.39 Å². The van der Waals surface area contributed by atoms with Crippen molar-refractivity contribution in [1.29, 1.82) is 0 Å². The Kier molecular flexibility index (Phi) is 3.88. The molecule has 0 bridgehead atoms. The molecule has 4 heteroatoms. The van der Waals surface area contributed by atoms with E-state index in [1.54, 1.807) is 12.1 Å². The number of hydrogen-bond acceptors (Lipinski definition) is 2. The first-order valence-corrected chi connectivity index (χ1v) is 8.39. The van der Waals surface area contributed by atoms with Gasteiger partial charge < -0.3 is 4.98 Å². The molecule has 1 N–H and O–H groups in total. The van der Waals surface area contributed by atoms with Crippen LogP contribution in [0.15, 0.2) is 65.5 Å². The van der Waals surface area contributed by atoms with Crippen LogP contribution in [0.3, 0.4) is 0 Å². The van der Waals surface area contributed by atoms with Gasteiger partial charge in [0, 0.05) is 11.1 Å². The van der Waals surface area contributed by atoms with E-state index in [1.807, 2.05) is 56.3 Å². The molecule has 1 aromatic heterocycles. The number of nitrogens with one attached hydrogen (secondary N) is 1. The van der Waals surface area contributed by atoms with Crippen LogP contribution in [0.2, 0.25) is 0 Å². The SMILES string of the molecule is Cc1cc2nc(-c3ccc(-c4ccccc4)c(F)c3)[nH]c(=O)c2cc1C. The maximum atomic E-state index is 14.6. The number of halogens is 1. The van der Waals surface area contributed by atoms with Gasteiger partial charge in [-0.1, -0.05) is 42.5 Å². The number of rotatable bonds is 2. The third-order valence-electron chi connectivity index (χ3n) is 4.65. The quantitative estimate of drug-likeness (QED) is 0.555. The molecule has 4 aromatic rings. The van der Waals surface area contributed by atoms with Crippen molar-refractivity contribution >= 4 is 10.9 Å². The zero-order valence-electron chi connectivity index (χ0n) is 14.5. The zero-order valence-corrected chi connectivity index (χ0v) is 14.5. The van der Waals surface area contributed by atoms with Crippen molar-refractivity contribution in [2.24, 2.45) is 0 Å². The molecule has 0 aliphatic heterocycles. The Morgan fingerprint density at radius 1 is 0.885 bits per heavy atom. The topological polar surface area (TPSA) is 45.8 Å². The summed E-state index contributed by atoms with van der Waals surface area (Å²) in [4.78, 5) is 19.7. The van der Waals surface area contributed by atoms with Gasteiger partial charge in [-0.3, -0.25) is 4.79 Å². The molecule has 0 spiro atoms. The van der Waals surface area contributed by atoms with Crippen molar-refractivity contribution in [2.45, 2.75) is 13.8 Å². The summed E-state index contributed by atoms with van der Waals surface area (Å²) in [5.74, 6) is 0.0146. The minimum atomic E-state index is -0.350. The van der Waals surface area contributed by atoms with E-state index in [1.165, 1.54) is 6.07 Å². The van der Waals surface area contributed by atoms with E-state index in [4.69, 9.17) is 0 Å². The van der Waals surface area contributed by atoms with Gasteiger partial charge in [-0.05, 0) is 48.7 Å². The Hall–Kier alpha value is -3.27. The molecule has 0 amide bonds. The van der Waals surface area contributed by atoms with Crippen LogP contribution in [0.25, 0.3) is 33.4 Å². The highest BCUT2D eigenvalue weighted by atomic mass is 19.1. The van der Waals surface area contributed by atoms with Gasteiger partial charge in [0.15, 0.2) is 0 Å². The highest BCUT2D eigenvalue weighted by molar-refractivity contribution is 5.81. The Morgan fingerprint density at radius 3 is 2.35 bits per heavy atom. The largest absolute Gasteiger partial charge is 0.306 e. The number of aromatic nitrogens is 2. The lowest BCUT2D eigenvalue weighted by molar-refractivity contribution is 0.631. The Bertz CT molecular complexity index is 1180. The van der Waals surface area contributed by atoms with Gasteiger partial charge in [0.1, 0.15) is 11.6 Å². The number of H-pyrrole nitrogens is 1. The van der Waals surface area contributed by atoms with Gasteiger partial charge in [-0.15, -0.1) is 0 Å². The summed E-state index contributed by atoms with van der Waals surface area (Å²) >= 11 is 0. The van der Waals surface area contributed by atoms with Gasteiger partial charge in [0.05, 0.1) is 10.9 Å². The van der Waals surface area contributed by atoms with Crippen LogP contribution >= 0.6 is 0 Å². The normalized spacial score (nSPS) is 11.0. The molecular formula is C22H17FN2O. The Morgan fingerprint density at radius 2 is 1.62 bits per heavy atom. The van der Waals surface area contributed by atoms with Crippen LogP contribution in [0, 0.1) is 19.7 Å².